The first-order valence-electron chi connectivity index (χ1n) is 8.22. The Bertz CT molecular complexity index is 585. The molecular weight excluding hydrogens is 278 g/mol. The molecule has 3 atom stereocenters. The fraction of sp³-hybridized carbons (Fsp3) is 0.611. The molecule has 0 aromatic heterocycles. The van der Waals surface area contributed by atoms with Gasteiger partial charge >= 0.3 is 0 Å². The van der Waals surface area contributed by atoms with Crippen LogP contribution in [0.15, 0.2) is 24.3 Å². The van der Waals surface area contributed by atoms with E-state index in [0.717, 1.165) is 19.3 Å². The molecule has 118 valence electrons. The van der Waals surface area contributed by atoms with Crippen molar-refractivity contribution in [2.45, 2.75) is 30.8 Å². The van der Waals surface area contributed by atoms with Crippen molar-refractivity contribution in [2.75, 3.05) is 33.4 Å². The third-order valence-electron chi connectivity index (χ3n) is 5.57. The highest BCUT2D eigenvalue weighted by Crippen LogP contribution is 2.62. The summed E-state index contributed by atoms with van der Waals surface area (Å²) in [6.45, 7) is 2.56. The molecule has 2 fully saturated rings. The SMILES string of the molecule is COC[C@@H]1CN(C(=O)[C@@H]2C[C@]23CCc2ccccc23)CCO1. The molecular formula is C18H23NO3. The standard InChI is InChI=1S/C18H23NO3/c1-21-12-14-11-19(8-9-22-14)17(20)16-10-18(16)7-6-13-4-2-3-5-15(13)18/h2-5,14,16H,6-12H2,1H3/t14-,16-,18-/m0/s1. The van der Waals surface area contributed by atoms with Gasteiger partial charge in [0.15, 0.2) is 0 Å². The summed E-state index contributed by atoms with van der Waals surface area (Å²) in [5.41, 5.74) is 3.01. The lowest BCUT2D eigenvalue weighted by Crippen LogP contribution is -2.48. The topological polar surface area (TPSA) is 38.8 Å². The summed E-state index contributed by atoms with van der Waals surface area (Å²) in [6.07, 6.45) is 3.30. The largest absolute Gasteiger partial charge is 0.382 e. The highest BCUT2D eigenvalue weighted by Gasteiger charge is 2.62. The number of nitrogens with zero attached hydrogens (tertiary/aromatic N) is 1. The number of morpholine rings is 1. The molecule has 0 radical (unpaired) electrons. The molecule has 1 saturated carbocycles. The molecule has 4 heteroatoms. The number of carbonyl (C=O) groups is 1. The van der Waals surface area contributed by atoms with E-state index < -0.39 is 0 Å². The minimum absolute atomic E-state index is 0.0215. The van der Waals surface area contributed by atoms with E-state index in [4.69, 9.17) is 9.47 Å². The summed E-state index contributed by atoms with van der Waals surface area (Å²) < 4.78 is 10.8. The summed E-state index contributed by atoms with van der Waals surface area (Å²) in [5.74, 6) is 0.499. The number of aryl methyl sites for hydroxylation is 1. The number of rotatable bonds is 3. The van der Waals surface area contributed by atoms with Crippen LogP contribution in [0.5, 0.6) is 0 Å². The Kier molecular flexibility index (Phi) is 3.46. The molecule has 0 bridgehead atoms. The van der Waals surface area contributed by atoms with Crippen LogP contribution in [-0.4, -0.2) is 50.3 Å². The maximum absolute atomic E-state index is 12.9. The van der Waals surface area contributed by atoms with Crippen molar-refractivity contribution >= 4 is 5.91 Å². The average molecular weight is 301 g/mol. The minimum atomic E-state index is 0.0215. The Morgan fingerprint density at radius 2 is 2.32 bits per heavy atom. The number of amides is 1. The third kappa shape index (κ3) is 2.17. The van der Waals surface area contributed by atoms with E-state index in [2.05, 4.69) is 24.3 Å². The van der Waals surface area contributed by atoms with E-state index in [1.807, 2.05) is 4.90 Å². The Balaban J connectivity index is 1.47. The van der Waals surface area contributed by atoms with Gasteiger partial charge in [-0.3, -0.25) is 4.79 Å². The van der Waals surface area contributed by atoms with Crippen LogP contribution in [0.4, 0.5) is 0 Å². The number of benzene rings is 1. The average Bonchev–Trinajstić information content (AvgIpc) is 3.17. The first-order valence-corrected chi connectivity index (χ1v) is 8.22. The van der Waals surface area contributed by atoms with E-state index in [-0.39, 0.29) is 17.4 Å². The summed E-state index contributed by atoms with van der Waals surface area (Å²) in [4.78, 5) is 14.9. The maximum atomic E-state index is 12.9. The van der Waals surface area contributed by atoms with Crippen LogP contribution < -0.4 is 0 Å². The zero-order valence-electron chi connectivity index (χ0n) is 13.1. The van der Waals surface area contributed by atoms with Crippen LogP contribution in [0.3, 0.4) is 0 Å². The van der Waals surface area contributed by atoms with E-state index in [1.54, 1.807) is 7.11 Å². The fourth-order valence-electron chi connectivity index (χ4n) is 4.35. The smallest absolute Gasteiger partial charge is 0.226 e. The number of carbonyl (C=O) groups excluding carboxylic acids is 1. The second-order valence-electron chi connectivity index (χ2n) is 6.80. The van der Waals surface area contributed by atoms with Crippen molar-refractivity contribution < 1.29 is 14.3 Å². The Morgan fingerprint density at radius 1 is 1.45 bits per heavy atom. The zero-order valence-corrected chi connectivity index (χ0v) is 13.1. The van der Waals surface area contributed by atoms with Crippen LogP contribution >= 0.6 is 0 Å². The molecule has 1 amide bonds. The van der Waals surface area contributed by atoms with E-state index in [1.165, 1.54) is 11.1 Å². The lowest BCUT2D eigenvalue weighted by atomic mass is 9.95. The quantitative estimate of drug-likeness (QED) is 0.854. The second-order valence-corrected chi connectivity index (χ2v) is 6.80. The predicted octanol–water partition coefficient (Wildman–Crippen LogP) is 1.76. The summed E-state index contributed by atoms with van der Waals surface area (Å²) >= 11 is 0. The van der Waals surface area contributed by atoms with Gasteiger partial charge in [-0.05, 0) is 30.4 Å². The molecule has 4 nitrogen and oxygen atoms in total. The molecule has 1 saturated heterocycles. The van der Waals surface area contributed by atoms with Gasteiger partial charge in [0.25, 0.3) is 0 Å². The molecule has 4 rings (SSSR count). The van der Waals surface area contributed by atoms with Crippen LogP contribution in [0, 0.1) is 5.92 Å². The lowest BCUT2D eigenvalue weighted by molar-refractivity contribution is -0.142. The Labute approximate surface area is 131 Å². The van der Waals surface area contributed by atoms with Crippen LogP contribution in [-0.2, 0) is 26.1 Å². The monoisotopic (exact) mass is 301 g/mol. The molecule has 0 unspecified atom stereocenters. The molecule has 1 aliphatic heterocycles. The van der Waals surface area contributed by atoms with Gasteiger partial charge in [-0.2, -0.15) is 0 Å². The van der Waals surface area contributed by atoms with Crippen molar-refractivity contribution in [1.82, 2.24) is 4.90 Å². The number of methoxy groups -OCH3 is 1. The predicted molar refractivity (Wildman–Crippen MR) is 82.7 cm³/mol. The second kappa shape index (κ2) is 5.36. The van der Waals surface area contributed by atoms with Crippen molar-refractivity contribution in [3.63, 3.8) is 0 Å². The number of ether oxygens (including phenoxy) is 2. The van der Waals surface area contributed by atoms with Crippen molar-refractivity contribution in [2.24, 2.45) is 5.92 Å². The normalized spacial score (nSPS) is 33.0. The molecule has 1 aromatic rings. The summed E-state index contributed by atoms with van der Waals surface area (Å²) in [6, 6.07) is 8.65. The third-order valence-corrected chi connectivity index (χ3v) is 5.57. The molecule has 0 N–H and O–H groups in total. The molecule has 1 heterocycles. The minimum Gasteiger partial charge on any atom is -0.382 e. The van der Waals surface area contributed by atoms with Gasteiger partial charge in [0, 0.05) is 31.5 Å². The highest BCUT2D eigenvalue weighted by molar-refractivity contribution is 5.85. The van der Waals surface area contributed by atoms with Gasteiger partial charge in [-0.25, -0.2) is 0 Å². The van der Waals surface area contributed by atoms with Crippen LogP contribution in [0.2, 0.25) is 0 Å². The van der Waals surface area contributed by atoms with Crippen LogP contribution in [0.1, 0.15) is 24.0 Å². The van der Waals surface area contributed by atoms with Gasteiger partial charge < -0.3 is 14.4 Å². The van der Waals surface area contributed by atoms with Crippen molar-refractivity contribution in [1.29, 1.82) is 0 Å². The molecule has 2 aliphatic carbocycles. The molecule has 22 heavy (non-hydrogen) atoms. The maximum Gasteiger partial charge on any atom is 0.226 e. The number of hydrogen-bond donors (Lipinski definition) is 0. The van der Waals surface area contributed by atoms with E-state index >= 15 is 0 Å². The van der Waals surface area contributed by atoms with E-state index in [9.17, 15) is 4.79 Å². The van der Waals surface area contributed by atoms with Gasteiger partial charge in [0.1, 0.15) is 0 Å². The first kappa shape index (κ1) is 14.2. The van der Waals surface area contributed by atoms with Gasteiger partial charge in [-0.15, -0.1) is 0 Å². The summed E-state index contributed by atoms with van der Waals surface area (Å²) in [7, 11) is 1.68. The molecule has 1 spiro atoms. The number of hydrogen-bond acceptors (Lipinski definition) is 3. The van der Waals surface area contributed by atoms with E-state index in [0.29, 0.717) is 32.2 Å². The van der Waals surface area contributed by atoms with Crippen molar-refractivity contribution in [3.8, 4) is 0 Å². The molecule has 3 aliphatic rings. The first-order chi connectivity index (χ1) is 10.7. The Morgan fingerprint density at radius 3 is 3.18 bits per heavy atom. The summed E-state index contributed by atoms with van der Waals surface area (Å²) in [5, 5.41) is 0. The molecule has 1 aromatic carbocycles. The van der Waals surface area contributed by atoms with Gasteiger partial charge in [0.2, 0.25) is 5.91 Å². The zero-order chi connectivity index (χ0) is 15.2. The van der Waals surface area contributed by atoms with Crippen LogP contribution in [0.25, 0.3) is 0 Å². The lowest BCUT2D eigenvalue weighted by Gasteiger charge is -2.33. The van der Waals surface area contributed by atoms with Gasteiger partial charge in [-0.1, -0.05) is 24.3 Å². The fourth-order valence-corrected chi connectivity index (χ4v) is 4.35. The Hall–Kier alpha value is -1.39. The number of fused-ring (bicyclic) bond motifs is 2. The highest BCUT2D eigenvalue weighted by atomic mass is 16.5. The van der Waals surface area contributed by atoms with Crippen molar-refractivity contribution in [3.05, 3.63) is 35.4 Å². The van der Waals surface area contributed by atoms with Gasteiger partial charge in [0.05, 0.1) is 19.3 Å².